The van der Waals surface area contributed by atoms with Crippen molar-refractivity contribution >= 4 is 0 Å². The predicted molar refractivity (Wildman–Crippen MR) is 53.5 cm³/mol. The Labute approximate surface area is 76.9 Å². The zero-order valence-corrected chi connectivity index (χ0v) is 8.97. The van der Waals surface area contributed by atoms with E-state index in [0.717, 1.165) is 26.3 Å². The van der Waals surface area contributed by atoms with Gasteiger partial charge >= 0.3 is 0 Å². The van der Waals surface area contributed by atoms with Gasteiger partial charge < -0.3 is 4.74 Å². The Morgan fingerprint density at radius 1 is 1.17 bits per heavy atom. The molecule has 1 aliphatic heterocycles. The second kappa shape index (κ2) is 7.56. The van der Waals surface area contributed by atoms with Crippen LogP contribution in [0.2, 0.25) is 0 Å². The second-order valence-corrected chi connectivity index (χ2v) is 3.45. The number of hydrogen-bond acceptors (Lipinski definition) is 2. The molecule has 0 N–H and O–H groups in total. The molecular formula is C10H23NO. The predicted octanol–water partition coefficient (Wildman–Crippen LogP) is 2.14. The van der Waals surface area contributed by atoms with E-state index in [9.17, 15) is 0 Å². The van der Waals surface area contributed by atoms with Gasteiger partial charge in [0, 0.05) is 19.1 Å². The van der Waals surface area contributed by atoms with E-state index < -0.39 is 0 Å². The minimum Gasteiger partial charge on any atom is -0.379 e. The lowest BCUT2D eigenvalue weighted by Crippen LogP contribution is -2.40. The first-order valence-electron chi connectivity index (χ1n) is 5.04. The molecule has 0 aromatic rings. The van der Waals surface area contributed by atoms with Crippen LogP contribution in [0.5, 0.6) is 0 Å². The molecule has 0 bridgehead atoms. The minimum atomic E-state index is 0.689. The molecule has 1 heterocycles. The highest BCUT2D eigenvalue weighted by atomic mass is 16.5. The molecule has 1 rings (SSSR count). The van der Waals surface area contributed by atoms with Crippen LogP contribution in [0.3, 0.4) is 0 Å². The third-order valence-electron chi connectivity index (χ3n) is 1.78. The molecule has 2 nitrogen and oxygen atoms in total. The van der Waals surface area contributed by atoms with Crippen molar-refractivity contribution in [3.63, 3.8) is 0 Å². The molecule has 12 heavy (non-hydrogen) atoms. The third-order valence-corrected chi connectivity index (χ3v) is 1.78. The Morgan fingerprint density at radius 2 is 1.58 bits per heavy atom. The molecule has 0 spiro atoms. The van der Waals surface area contributed by atoms with E-state index in [0.29, 0.717) is 6.04 Å². The van der Waals surface area contributed by atoms with Crippen LogP contribution in [0.25, 0.3) is 0 Å². The van der Waals surface area contributed by atoms with Crippen molar-refractivity contribution in [1.82, 2.24) is 4.90 Å². The summed E-state index contributed by atoms with van der Waals surface area (Å²) in [4.78, 5) is 2.43. The van der Waals surface area contributed by atoms with Gasteiger partial charge in [-0.15, -0.1) is 0 Å². The maximum absolute atomic E-state index is 5.21. The fraction of sp³-hybridized carbons (Fsp3) is 1.00. The molecule has 74 valence electrons. The first-order chi connectivity index (χ1) is 5.72. The Bertz CT molecular complexity index is 87.8. The van der Waals surface area contributed by atoms with Gasteiger partial charge in [0.1, 0.15) is 0 Å². The van der Waals surface area contributed by atoms with Gasteiger partial charge in [-0.05, 0) is 13.8 Å². The normalized spacial score (nSPS) is 18.8. The second-order valence-electron chi connectivity index (χ2n) is 3.45. The fourth-order valence-corrected chi connectivity index (χ4v) is 1.09. The monoisotopic (exact) mass is 173 g/mol. The highest BCUT2D eigenvalue weighted by Gasteiger charge is 2.11. The lowest BCUT2D eigenvalue weighted by molar-refractivity contribution is 0.0238. The Kier molecular flexibility index (Phi) is 7.51. The van der Waals surface area contributed by atoms with E-state index in [1.807, 2.05) is 0 Å². The lowest BCUT2D eigenvalue weighted by Gasteiger charge is -2.29. The molecule has 1 aliphatic rings. The summed E-state index contributed by atoms with van der Waals surface area (Å²) >= 11 is 0. The first-order valence-corrected chi connectivity index (χ1v) is 5.04. The quantitative estimate of drug-likeness (QED) is 0.602. The van der Waals surface area contributed by atoms with Crippen LogP contribution < -0.4 is 0 Å². The maximum atomic E-state index is 5.21. The molecular weight excluding hydrogens is 150 g/mol. The van der Waals surface area contributed by atoms with Crippen LogP contribution in [0.15, 0.2) is 0 Å². The molecule has 0 saturated carbocycles. The van der Waals surface area contributed by atoms with Crippen molar-refractivity contribution in [1.29, 1.82) is 0 Å². The van der Waals surface area contributed by atoms with Crippen LogP contribution >= 0.6 is 0 Å². The van der Waals surface area contributed by atoms with Crippen molar-refractivity contribution in [3.8, 4) is 0 Å². The van der Waals surface area contributed by atoms with Gasteiger partial charge in [0.15, 0.2) is 0 Å². The Balaban J connectivity index is 0.000000354. The van der Waals surface area contributed by atoms with Crippen molar-refractivity contribution in [2.75, 3.05) is 26.3 Å². The zero-order valence-electron chi connectivity index (χ0n) is 8.97. The SMILES string of the molecule is CC(C)N1CCOCC1.CCC. The Hall–Kier alpha value is -0.0800. The van der Waals surface area contributed by atoms with Crippen LogP contribution in [0, 0.1) is 0 Å². The minimum absolute atomic E-state index is 0.689. The molecule has 1 fully saturated rings. The summed E-state index contributed by atoms with van der Waals surface area (Å²) in [5.74, 6) is 0. The van der Waals surface area contributed by atoms with Crippen LogP contribution in [0.4, 0.5) is 0 Å². The van der Waals surface area contributed by atoms with E-state index in [2.05, 4.69) is 32.6 Å². The average Bonchev–Trinajstić information content (AvgIpc) is 2.07. The highest BCUT2D eigenvalue weighted by Crippen LogP contribution is 2.01. The summed E-state index contributed by atoms with van der Waals surface area (Å²) < 4.78 is 5.21. The van der Waals surface area contributed by atoms with Gasteiger partial charge in [-0.1, -0.05) is 20.3 Å². The molecule has 0 amide bonds. The molecule has 0 radical (unpaired) electrons. The molecule has 0 atom stereocenters. The van der Waals surface area contributed by atoms with Crippen LogP contribution in [-0.4, -0.2) is 37.2 Å². The van der Waals surface area contributed by atoms with Crippen molar-refractivity contribution < 1.29 is 4.74 Å². The van der Waals surface area contributed by atoms with E-state index in [1.165, 1.54) is 6.42 Å². The van der Waals surface area contributed by atoms with E-state index in [1.54, 1.807) is 0 Å². The van der Waals surface area contributed by atoms with Crippen LogP contribution in [-0.2, 0) is 4.74 Å². The largest absolute Gasteiger partial charge is 0.379 e. The summed E-state index contributed by atoms with van der Waals surface area (Å²) in [7, 11) is 0. The Morgan fingerprint density at radius 3 is 1.83 bits per heavy atom. The number of rotatable bonds is 1. The van der Waals surface area contributed by atoms with Gasteiger partial charge in [0.2, 0.25) is 0 Å². The van der Waals surface area contributed by atoms with Gasteiger partial charge in [0.05, 0.1) is 13.2 Å². The standard InChI is InChI=1S/C7H15NO.C3H8/c1-7(2)8-3-5-9-6-4-8;1-3-2/h7H,3-6H2,1-2H3;3H2,1-2H3. The average molecular weight is 173 g/mol. The number of nitrogens with zero attached hydrogens (tertiary/aromatic N) is 1. The molecule has 0 unspecified atom stereocenters. The summed E-state index contributed by atoms with van der Waals surface area (Å²) in [5, 5.41) is 0. The smallest absolute Gasteiger partial charge is 0.0594 e. The molecule has 1 saturated heterocycles. The van der Waals surface area contributed by atoms with Crippen molar-refractivity contribution in [2.45, 2.75) is 40.2 Å². The number of ether oxygens (including phenoxy) is 1. The van der Waals surface area contributed by atoms with Crippen molar-refractivity contribution in [2.24, 2.45) is 0 Å². The van der Waals surface area contributed by atoms with Gasteiger partial charge in [-0.25, -0.2) is 0 Å². The lowest BCUT2D eigenvalue weighted by atomic mass is 10.3. The van der Waals surface area contributed by atoms with E-state index in [-0.39, 0.29) is 0 Å². The van der Waals surface area contributed by atoms with E-state index in [4.69, 9.17) is 4.74 Å². The summed E-state index contributed by atoms with van der Waals surface area (Å²) in [6.07, 6.45) is 1.25. The van der Waals surface area contributed by atoms with Crippen LogP contribution in [0.1, 0.15) is 34.1 Å². The molecule has 0 aromatic heterocycles. The van der Waals surface area contributed by atoms with Gasteiger partial charge in [-0.2, -0.15) is 0 Å². The fourth-order valence-electron chi connectivity index (χ4n) is 1.09. The summed E-state index contributed by atoms with van der Waals surface area (Å²) in [6, 6.07) is 0.689. The number of morpholine rings is 1. The first kappa shape index (κ1) is 11.9. The van der Waals surface area contributed by atoms with Gasteiger partial charge in [-0.3, -0.25) is 4.90 Å². The van der Waals surface area contributed by atoms with Crippen molar-refractivity contribution in [3.05, 3.63) is 0 Å². The summed E-state index contributed by atoms with van der Waals surface area (Å²) in [6.45, 7) is 12.8. The van der Waals surface area contributed by atoms with E-state index >= 15 is 0 Å². The third kappa shape index (κ3) is 5.56. The van der Waals surface area contributed by atoms with Gasteiger partial charge in [0.25, 0.3) is 0 Å². The number of hydrogen-bond donors (Lipinski definition) is 0. The molecule has 0 aliphatic carbocycles. The summed E-state index contributed by atoms with van der Waals surface area (Å²) in [5.41, 5.74) is 0. The zero-order chi connectivity index (χ0) is 9.40. The topological polar surface area (TPSA) is 12.5 Å². The maximum Gasteiger partial charge on any atom is 0.0594 e. The highest BCUT2D eigenvalue weighted by molar-refractivity contribution is 4.64. The molecule has 2 heteroatoms. The molecule has 0 aromatic carbocycles.